The Labute approximate surface area is 224 Å². The van der Waals surface area contributed by atoms with Crippen molar-refractivity contribution < 1.29 is 14.3 Å². The number of tetrazole rings is 1. The number of amides is 2. The minimum Gasteiger partial charge on any atom is -0.494 e. The molecule has 0 atom stereocenters. The van der Waals surface area contributed by atoms with Crippen molar-refractivity contribution in [3.05, 3.63) is 84.4 Å². The van der Waals surface area contributed by atoms with Crippen molar-refractivity contribution in [1.29, 1.82) is 0 Å². The third kappa shape index (κ3) is 5.78. The van der Waals surface area contributed by atoms with E-state index >= 15 is 0 Å². The molecule has 10 nitrogen and oxygen atoms in total. The highest BCUT2D eigenvalue weighted by atomic mass is 32.2. The van der Waals surface area contributed by atoms with Gasteiger partial charge < -0.3 is 19.9 Å². The van der Waals surface area contributed by atoms with Crippen LogP contribution in [-0.2, 0) is 4.79 Å². The van der Waals surface area contributed by atoms with E-state index < -0.39 is 0 Å². The lowest BCUT2D eigenvalue weighted by atomic mass is 10.1. The lowest BCUT2D eigenvalue weighted by Crippen LogP contribution is -2.48. The number of ether oxygens (including phenoxy) is 1. The second kappa shape index (κ2) is 11.8. The molecule has 1 saturated heterocycles. The highest BCUT2D eigenvalue weighted by Crippen LogP contribution is 2.26. The Balaban J connectivity index is 1.12. The molecule has 1 fully saturated rings. The standard InChI is InChI=1S/C27H27N7O3S/c1-37-24-10-6-5-9-23(24)34-27(29-30-31-34)38-19-25(35)28-21-11-13-22(14-12-21)32-15-17-33(18-16-32)26(36)20-7-3-2-4-8-20/h2-14H,15-19H2,1H3,(H,28,35). The van der Waals surface area contributed by atoms with Gasteiger partial charge in [0.1, 0.15) is 11.4 Å². The molecule has 0 bridgehead atoms. The Kier molecular flexibility index (Phi) is 7.84. The van der Waals surface area contributed by atoms with Crippen molar-refractivity contribution in [1.82, 2.24) is 25.1 Å². The molecule has 0 unspecified atom stereocenters. The van der Waals surface area contributed by atoms with Crippen LogP contribution < -0.4 is 15.0 Å². The fraction of sp³-hybridized carbons (Fsp3) is 0.222. The molecule has 0 spiro atoms. The van der Waals surface area contributed by atoms with Crippen molar-refractivity contribution >= 4 is 35.0 Å². The first-order valence-electron chi connectivity index (χ1n) is 12.2. The summed E-state index contributed by atoms with van der Waals surface area (Å²) in [7, 11) is 1.58. The second-order valence-corrected chi connectivity index (χ2v) is 9.52. The van der Waals surface area contributed by atoms with Gasteiger partial charge in [-0.3, -0.25) is 9.59 Å². The predicted octanol–water partition coefficient (Wildman–Crippen LogP) is 3.36. The summed E-state index contributed by atoms with van der Waals surface area (Å²) in [6, 6.07) is 24.5. The topological polar surface area (TPSA) is 105 Å². The quantitative estimate of drug-likeness (QED) is 0.347. The Morgan fingerprint density at radius 1 is 0.921 bits per heavy atom. The van der Waals surface area contributed by atoms with Gasteiger partial charge in [-0.2, -0.15) is 4.68 Å². The number of nitrogens with one attached hydrogen (secondary N) is 1. The van der Waals surface area contributed by atoms with Gasteiger partial charge >= 0.3 is 0 Å². The summed E-state index contributed by atoms with van der Waals surface area (Å²) in [4.78, 5) is 29.4. The van der Waals surface area contributed by atoms with E-state index in [-0.39, 0.29) is 17.6 Å². The molecule has 38 heavy (non-hydrogen) atoms. The van der Waals surface area contributed by atoms with E-state index in [1.54, 1.807) is 11.8 Å². The number of piperazine rings is 1. The molecule has 0 radical (unpaired) electrons. The first-order chi connectivity index (χ1) is 18.6. The zero-order chi connectivity index (χ0) is 26.3. The SMILES string of the molecule is COc1ccccc1-n1nnnc1SCC(=O)Nc1ccc(N2CCN(C(=O)c3ccccc3)CC2)cc1. The van der Waals surface area contributed by atoms with Crippen LogP contribution in [0.5, 0.6) is 5.75 Å². The van der Waals surface area contributed by atoms with Gasteiger partial charge in [0.25, 0.3) is 5.91 Å². The number of rotatable bonds is 8. The normalized spacial score (nSPS) is 13.3. The molecular weight excluding hydrogens is 502 g/mol. The van der Waals surface area contributed by atoms with Crippen LogP contribution in [-0.4, -0.2) is 76.0 Å². The number of hydrogen-bond donors (Lipinski definition) is 1. The molecule has 1 aliphatic heterocycles. The van der Waals surface area contributed by atoms with Crippen LogP contribution in [0.25, 0.3) is 5.69 Å². The molecule has 2 heterocycles. The third-order valence-electron chi connectivity index (χ3n) is 6.19. The first-order valence-corrected chi connectivity index (χ1v) is 13.1. The van der Waals surface area contributed by atoms with Crippen molar-refractivity contribution in [2.45, 2.75) is 5.16 Å². The number of carbonyl (C=O) groups is 2. The Morgan fingerprint density at radius 3 is 2.37 bits per heavy atom. The monoisotopic (exact) mass is 529 g/mol. The number of benzene rings is 3. The van der Waals surface area contributed by atoms with Crippen molar-refractivity contribution in [2.75, 3.05) is 49.3 Å². The zero-order valence-corrected chi connectivity index (χ0v) is 21.7. The van der Waals surface area contributed by atoms with Crippen molar-refractivity contribution in [3.8, 4) is 11.4 Å². The summed E-state index contributed by atoms with van der Waals surface area (Å²) >= 11 is 1.24. The summed E-state index contributed by atoms with van der Waals surface area (Å²) in [5.41, 5.74) is 3.18. The van der Waals surface area contributed by atoms with Crippen LogP contribution in [0.3, 0.4) is 0 Å². The first kappa shape index (κ1) is 25.3. The van der Waals surface area contributed by atoms with Gasteiger partial charge in [0, 0.05) is 43.1 Å². The molecule has 194 valence electrons. The maximum Gasteiger partial charge on any atom is 0.253 e. The molecule has 0 saturated carbocycles. The Morgan fingerprint density at radius 2 is 1.63 bits per heavy atom. The summed E-state index contributed by atoms with van der Waals surface area (Å²) in [6.45, 7) is 2.83. The van der Waals surface area contributed by atoms with E-state index in [0.29, 0.717) is 35.4 Å². The number of methoxy groups -OCH3 is 1. The molecule has 1 aliphatic rings. The van der Waals surface area contributed by atoms with E-state index in [0.717, 1.165) is 24.3 Å². The van der Waals surface area contributed by atoms with Gasteiger partial charge in [-0.05, 0) is 59.0 Å². The molecule has 2 amide bonds. The number of hydrogen-bond acceptors (Lipinski definition) is 8. The summed E-state index contributed by atoms with van der Waals surface area (Å²) in [5.74, 6) is 0.688. The summed E-state index contributed by atoms with van der Waals surface area (Å²) < 4.78 is 6.94. The summed E-state index contributed by atoms with van der Waals surface area (Å²) in [5, 5.41) is 15.2. The van der Waals surface area contributed by atoms with Gasteiger partial charge in [0.2, 0.25) is 11.1 Å². The molecule has 0 aliphatic carbocycles. The predicted molar refractivity (Wildman–Crippen MR) is 146 cm³/mol. The Hall–Kier alpha value is -4.38. The molecular formula is C27H27N7O3S. The van der Waals surface area contributed by atoms with Gasteiger partial charge in [-0.25, -0.2) is 0 Å². The van der Waals surface area contributed by atoms with E-state index in [1.807, 2.05) is 83.8 Å². The number of aromatic nitrogens is 4. The number of nitrogens with zero attached hydrogens (tertiary/aromatic N) is 6. The van der Waals surface area contributed by atoms with Crippen LogP contribution in [0.4, 0.5) is 11.4 Å². The molecule has 3 aromatic carbocycles. The van der Waals surface area contributed by atoms with E-state index in [2.05, 4.69) is 25.7 Å². The van der Waals surface area contributed by atoms with E-state index in [4.69, 9.17) is 4.74 Å². The van der Waals surface area contributed by atoms with Crippen LogP contribution in [0.1, 0.15) is 10.4 Å². The smallest absolute Gasteiger partial charge is 0.253 e. The van der Waals surface area contributed by atoms with Crippen molar-refractivity contribution in [3.63, 3.8) is 0 Å². The summed E-state index contributed by atoms with van der Waals surface area (Å²) in [6.07, 6.45) is 0. The fourth-order valence-corrected chi connectivity index (χ4v) is 4.92. The van der Waals surface area contributed by atoms with E-state index in [1.165, 1.54) is 11.8 Å². The van der Waals surface area contributed by atoms with Gasteiger partial charge in [-0.1, -0.05) is 42.1 Å². The van der Waals surface area contributed by atoms with Gasteiger partial charge in [0.15, 0.2) is 0 Å². The lowest BCUT2D eigenvalue weighted by molar-refractivity contribution is -0.113. The number of carbonyl (C=O) groups excluding carboxylic acids is 2. The largest absolute Gasteiger partial charge is 0.494 e. The maximum atomic E-state index is 12.7. The number of anilines is 2. The zero-order valence-electron chi connectivity index (χ0n) is 20.9. The van der Waals surface area contributed by atoms with Crippen LogP contribution in [0.15, 0.2) is 84.0 Å². The van der Waals surface area contributed by atoms with Crippen LogP contribution >= 0.6 is 11.8 Å². The molecule has 4 aromatic rings. The maximum absolute atomic E-state index is 12.7. The average molecular weight is 530 g/mol. The van der Waals surface area contributed by atoms with Crippen LogP contribution in [0.2, 0.25) is 0 Å². The molecule has 1 aromatic heterocycles. The van der Waals surface area contributed by atoms with Gasteiger partial charge in [-0.15, -0.1) is 5.10 Å². The number of para-hydroxylation sites is 2. The van der Waals surface area contributed by atoms with Crippen molar-refractivity contribution in [2.24, 2.45) is 0 Å². The second-order valence-electron chi connectivity index (χ2n) is 8.57. The lowest BCUT2D eigenvalue weighted by Gasteiger charge is -2.36. The highest BCUT2D eigenvalue weighted by molar-refractivity contribution is 7.99. The average Bonchev–Trinajstić information content (AvgIpc) is 3.45. The minimum atomic E-state index is -0.162. The molecule has 5 rings (SSSR count). The third-order valence-corrected chi connectivity index (χ3v) is 7.11. The van der Waals surface area contributed by atoms with Gasteiger partial charge in [0.05, 0.1) is 12.9 Å². The molecule has 11 heteroatoms. The fourth-order valence-electron chi connectivity index (χ4n) is 4.24. The van der Waals surface area contributed by atoms with Crippen LogP contribution in [0, 0.1) is 0 Å². The van der Waals surface area contributed by atoms with E-state index in [9.17, 15) is 9.59 Å². The minimum absolute atomic E-state index is 0.0677. The molecule has 1 N–H and O–H groups in total. The Bertz CT molecular complexity index is 1390. The highest BCUT2D eigenvalue weighted by Gasteiger charge is 2.22. The number of thioether (sulfide) groups is 1.